The van der Waals surface area contributed by atoms with Crippen LogP contribution < -0.4 is 0 Å². The summed E-state index contributed by atoms with van der Waals surface area (Å²) in [6.45, 7) is 4.55. The molecule has 22 heavy (non-hydrogen) atoms. The van der Waals surface area contributed by atoms with E-state index in [2.05, 4.69) is 56.3 Å². The highest BCUT2D eigenvalue weighted by Gasteiger charge is 2.14. The molecule has 2 aromatic carbocycles. The number of hydrogen-bond donors (Lipinski definition) is 0. The van der Waals surface area contributed by atoms with Crippen LogP contribution in [0.5, 0.6) is 0 Å². The Kier molecular flexibility index (Phi) is 4.97. The molecular formula is C22H28. The fourth-order valence-corrected chi connectivity index (χ4v) is 3.76. The second kappa shape index (κ2) is 7.13. The molecule has 0 aromatic heterocycles. The average Bonchev–Trinajstić information content (AvgIpc) is 2.56. The van der Waals surface area contributed by atoms with E-state index < -0.39 is 0 Å². The second-order valence-corrected chi connectivity index (χ2v) is 6.80. The third-order valence-corrected chi connectivity index (χ3v) is 5.03. The van der Waals surface area contributed by atoms with Crippen molar-refractivity contribution in [2.75, 3.05) is 0 Å². The van der Waals surface area contributed by atoms with Gasteiger partial charge >= 0.3 is 0 Å². The van der Waals surface area contributed by atoms with E-state index in [9.17, 15) is 0 Å². The number of hydrogen-bond acceptors (Lipinski definition) is 0. The quantitative estimate of drug-likeness (QED) is 0.570. The summed E-state index contributed by atoms with van der Waals surface area (Å²) in [5.41, 5.74) is 4.46. The zero-order valence-corrected chi connectivity index (χ0v) is 14.1. The summed E-state index contributed by atoms with van der Waals surface area (Å²) in [6, 6.07) is 14.0. The maximum Gasteiger partial charge on any atom is -0.0178 e. The van der Waals surface area contributed by atoms with Crippen molar-refractivity contribution in [1.29, 1.82) is 0 Å². The Morgan fingerprint density at radius 3 is 2.50 bits per heavy atom. The molecule has 0 nitrogen and oxygen atoms in total. The zero-order chi connectivity index (χ0) is 15.4. The average molecular weight is 292 g/mol. The van der Waals surface area contributed by atoms with E-state index >= 15 is 0 Å². The van der Waals surface area contributed by atoms with Crippen LogP contribution in [0.2, 0.25) is 0 Å². The van der Waals surface area contributed by atoms with Gasteiger partial charge in [0, 0.05) is 0 Å². The van der Waals surface area contributed by atoms with Gasteiger partial charge in [0.15, 0.2) is 0 Å². The Morgan fingerprint density at radius 1 is 0.955 bits per heavy atom. The van der Waals surface area contributed by atoms with E-state index in [0.29, 0.717) is 0 Å². The third kappa shape index (κ3) is 3.43. The van der Waals surface area contributed by atoms with Crippen LogP contribution in [-0.4, -0.2) is 0 Å². The van der Waals surface area contributed by atoms with Crippen LogP contribution in [0, 0.1) is 5.92 Å². The summed E-state index contributed by atoms with van der Waals surface area (Å²) in [5.74, 6) is 0.922. The molecule has 1 aliphatic rings. The Labute approximate surface area is 135 Å². The molecule has 0 bridgehead atoms. The summed E-state index contributed by atoms with van der Waals surface area (Å²) in [4.78, 5) is 0. The van der Waals surface area contributed by atoms with Gasteiger partial charge < -0.3 is 0 Å². The number of aryl methyl sites for hydroxylation is 1. The normalized spacial score (nSPS) is 18.5. The van der Waals surface area contributed by atoms with Crippen LogP contribution in [0.15, 0.2) is 42.5 Å². The maximum atomic E-state index is 2.50. The van der Waals surface area contributed by atoms with Gasteiger partial charge in [0.05, 0.1) is 0 Å². The van der Waals surface area contributed by atoms with Crippen molar-refractivity contribution in [2.45, 2.75) is 58.8 Å². The molecule has 116 valence electrons. The molecule has 1 unspecified atom stereocenters. The first-order valence-corrected chi connectivity index (χ1v) is 9.02. The van der Waals surface area contributed by atoms with Gasteiger partial charge in [-0.15, -0.1) is 0 Å². The number of benzene rings is 2. The highest BCUT2D eigenvalue weighted by atomic mass is 14.2. The van der Waals surface area contributed by atoms with E-state index in [-0.39, 0.29) is 0 Å². The Hall–Kier alpha value is -1.56. The minimum absolute atomic E-state index is 0.922. The predicted molar refractivity (Wildman–Crippen MR) is 98.2 cm³/mol. The topological polar surface area (TPSA) is 0 Å². The fraction of sp³-hybridized carbons (Fsp3) is 0.455. The Bertz CT molecular complexity index is 663. The Balaban J connectivity index is 1.82. The third-order valence-electron chi connectivity index (χ3n) is 5.03. The van der Waals surface area contributed by atoms with Crippen LogP contribution in [0.25, 0.3) is 16.3 Å². The summed E-state index contributed by atoms with van der Waals surface area (Å²) >= 11 is 0. The van der Waals surface area contributed by atoms with Crippen molar-refractivity contribution >= 4 is 16.3 Å². The molecule has 2 aromatic rings. The molecular weight excluding hydrogens is 264 g/mol. The van der Waals surface area contributed by atoms with Gasteiger partial charge in [-0.2, -0.15) is 0 Å². The molecule has 0 saturated heterocycles. The lowest BCUT2D eigenvalue weighted by Gasteiger charge is -2.21. The molecule has 0 fully saturated rings. The first-order chi connectivity index (χ1) is 10.8. The van der Waals surface area contributed by atoms with Gasteiger partial charge in [-0.3, -0.25) is 0 Å². The van der Waals surface area contributed by atoms with Crippen LogP contribution in [0.1, 0.15) is 63.5 Å². The SMILES string of the molecule is CCCc1ccc2cc(C3=CCC(CCC)CC3)ccc2c1. The van der Waals surface area contributed by atoms with E-state index in [0.717, 1.165) is 5.92 Å². The minimum atomic E-state index is 0.922. The predicted octanol–water partition coefficient (Wildman–Crippen LogP) is 6.78. The van der Waals surface area contributed by atoms with Crippen molar-refractivity contribution in [3.63, 3.8) is 0 Å². The molecule has 0 N–H and O–H groups in total. The monoisotopic (exact) mass is 292 g/mol. The summed E-state index contributed by atoms with van der Waals surface area (Å²) in [7, 11) is 0. The van der Waals surface area contributed by atoms with Crippen LogP contribution in [0.3, 0.4) is 0 Å². The van der Waals surface area contributed by atoms with E-state index in [1.54, 1.807) is 5.57 Å². The number of allylic oxidation sites excluding steroid dienone is 2. The minimum Gasteiger partial charge on any atom is -0.0804 e. The lowest BCUT2D eigenvalue weighted by Crippen LogP contribution is -2.05. The highest BCUT2D eigenvalue weighted by Crippen LogP contribution is 2.33. The van der Waals surface area contributed by atoms with Crippen molar-refractivity contribution < 1.29 is 0 Å². The number of rotatable bonds is 5. The van der Waals surface area contributed by atoms with Crippen LogP contribution in [-0.2, 0) is 6.42 Å². The fourth-order valence-electron chi connectivity index (χ4n) is 3.76. The molecule has 0 saturated carbocycles. The van der Waals surface area contributed by atoms with Crippen LogP contribution in [0.4, 0.5) is 0 Å². The molecule has 0 radical (unpaired) electrons. The molecule has 0 heteroatoms. The van der Waals surface area contributed by atoms with Gasteiger partial charge in [0.2, 0.25) is 0 Å². The smallest absolute Gasteiger partial charge is 0.0178 e. The van der Waals surface area contributed by atoms with Crippen LogP contribution >= 0.6 is 0 Å². The molecule has 3 rings (SSSR count). The molecule has 1 atom stereocenters. The van der Waals surface area contributed by atoms with Gasteiger partial charge in [-0.1, -0.05) is 69.5 Å². The molecule has 0 amide bonds. The summed E-state index contributed by atoms with van der Waals surface area (Å²) < 4.78 is 0. The van der Waals surface area contributed by atoms with Gasteiger partial charge in [-0.25, -0.2) is 0 Å². The summed E-state index contributed by atoms with van der Waals surface area (Å²) in [5, 5.41) is 2.77. The van der Waals surface area contributed by atoms with Crippen molar-refractivity contribution in [2.24, 2.45) is 5.92 Å². The maximum absolute atomic E-state index is 2.50. The molecule has 1 aliphatic carbocycles. The zero-order valence-electron chi connectivity index (χ0n) is 14.1. The molecule has 0 spiro atoms. The second-order valence-electron chi connectivity index (χ2n) is 6.80. The standard InChI is InChI=1S/C22H28/c1-3-5-17-7-10-19(11-8-17)21-14-13-20-15-18(6-4-2)9-12-22(20)16-21/h9-10,12-17H,3-8,11H2,1-2H3. The van der Waals surface area contributed by atoms with E-state index in [4.69, 9.17) is 0 Å². The Morgan fingerprint density at radius 2 is 1.77 bits per heavy atom. The van der Waals surface area contributed by atoms with Crippen molar-refractivity contribution in [3.8, 4) is 0 Å². The molecule has 0 aliphatic heterocycles. The molecule has 0 heterocycles. The first kappa shape index (κ1) is 15.3. The van der Waals surface area contributed by atoms with E-state index in [1.165, 1.54) is 66.8 Å². The summed E-state index contributed by atoms with van der Waals surface area (Å²) in [6.07, 6.45) is 11.5. The lowest BCUT2D eigenvalue weighted by molar-refractivity contribution is 0.445. The van der Waals surface area contributed by atoms with Gasteiger partial charge in [0.1, 0.15) is 0 Å². The van der Waals surface area contributed by atoms with Gasteiger partial charge in [-0.05, 0) is 65.1 Å². The van der Waals surface area contributed by atoms with E-state index in [1.807, 2.05) is 0 Å². The lowest BCUT2D eigenvalue weighted by atomic mass is 9.84. The van der Waals surface area contributed by atoms with Crippen molar-refractivity contribution in [3.05, 3.63) is 53.6 Å². The van der Waals surface area contributed by atoms with Gasteiger partial charge in [0.25, 0.3) is 0 Å². The first-order valence-electron chi connectivity index (χ1n) is 9.02. The highest BCUT2D eigenvalue weighted by molar-refractivity contribution is 5.87. The van der Waals surface area contributed by atoms with Crippen molar-refractivity contribution in [1.82, 2.24) is 0 Å². The number of fused-ring (bicyclic) bond motifs is 1. The largest absolute Gasteiger partial charge is 0.0804 e.